The van der Waals surface area contributed by atoms with Crippen LogP contribution in [-0.4, -0.2) is 31.2 Å². The summed E-state index contributed by atoms with van der Waals surface area (Å²) in [5.41, 5.74) is -0.472. The van der Waals surface area contributed by atoms with Crippen LogP contribution in [0.4, 0.5) is 0 Å². The highest BCUT2D eigenvalue weighted by Crippen LogP contribution is 2.18. The standard InChI is InChI=1S/C10H22N2O3S/c1-10(2,3)12-16(14,15)11-8-4-6-9(13)7-5-8/h8-9,11-13H,4-7H2,1-3H3. The molecule has 1 aliphatic rings. The molecule has 0 bridgehead atoms. The van der Waals surface area contributed by atoms with Gasteiger partial charge in [0.15, 0.2) is 0 Å². The molecule has 0 aromatic rings. The van der Waals surface area contributed by atoms with Crippen LogP contribution in [0.15, 0.2) is 0 Å². The Morgan fingerprint density at radius 1 is 1.12 bits per heavy atom. The summed E-state index contributed by atoms with van der Waals surface area (Å²) in [6.45, 7) is 5.41. The van der Waals surface area contributed by atoms with Gasteiger partial charge in [-0.1, -0.05) is 0 Å². The lowest BCUT2D eigenvalue weighted by molar-refractivity contribution is 0.120. The quantitative estimate of drug-likeness (QED) is 0.683. The zero-order chi connectivity index (χ0) is 12.4. The average molecular weight is 250 g/mol. The molecule has 0 amide bonds. The third-order valence-electron chi connectivity index (χ3n) is 2.46. The maximum atomic E-state index is 11.7. The second kappa shape index (κ2) is 5.00. The Morgan fingerprint density at radius 2 is 1.62 bits per heavy atom. The van der Waals surface area contributed by atoms with Crippen LogP contribution in [0.5, 0.6) is 0 Å². The Bertz CT molecular complexity index is 313. The Labute approximate surface area is 97.8 Å². The van der Waals surface area contributed by atoms with Gasteiger partial charge < -0.3 is 5.11 Å². The number of rotatable bonds is 3. The van der Waals surface area contributed by atoms with Gasteiger partial charge in [-0.05, 0) is 46.5 Å². The lowest BCUT2D eigenvalue weighted by atomic mass is 9.94. The fourth-order valence-corrected chi connectivity index (χ4v) is 3.39. The summed E-state index contributed by atoms with van der Waals surface area (Å²) in [6.07, 6.45) is 2.47. The molecular formula is C10H22N2O3S. The van der Waals surface area contributed by atoms with E-state index in [0.29, 0.717) is 25.7 Å². The molecule has 5 nitrogen and oxygen atoms in total. The van der Waals surface area contributed by atoms with E-state index in [9.17, 15) is 13.5 Å². The van der Waals surface area contributed by atoms with Gasteiger partial charge >= 0.3 is 0 Å². The SMILES string of the molecule is CC(C)(C)NS(=O)(=O)NC1CCC(O)CC1. The summed E-state index contributed by atoms with van der Waals surface area (Å²) in [4.78, 5) is 0. The van der Waals surface area contributed by atoms with Crippen LogP contribution < -0.4 is 9.44 Å². The van der Waals surface area contributed by atoms with Crippen molar-refractivity contribution in [2.24, 2.45) is 0 Å². The topological polar surface area (TPSA) is 78.4 Å². The van der Waals surface area contributed by atoms with Gasteiger partial charge in [-0.2, -0.15) is 17.9 Å². The minimum absolute atomic E-state index is 0.0525. The van der Waals surface area contributed by atoms with Crippen molar-refractivity contribution in [2.45, 2.75) is 64.1 Å². The maximum Gasteiger partial charge on any atom is 0.277 e. The number of aliphatic hydroxyl groups excluding tert-OH is 1. The normalized spacial score (nSPS) is 28.0. The van der Waals surface area contributed by atoms with E-state index in [0.717, 1.165) is 0 Å². The summed E-state index contributed by atoms with van der Waals surface area (Å²) in [7, 11) is -3.44. The molecule has 1 aliphatic carbocycles. The van der Waals surface area contributed by atoms with Gasteiger partial charge in [-0.3, -0.25) is 0 Å². The Morgan fingerprint density at radius 3 is 2.06 bits per heavy atom. The second-order valence-corrected chi connectivity index (χ2v) is 6.93. The molecule has 0 atom stereocenters. The molecule has 0 saturated heterocycles. The summed E-state index contributed by atoms with van der Waals surface area (Å²) < 4.78 is 28.6. The molecule has 1 saturated carbocycles. The smallest absolute Gasteiger partial charge is 0.277 e. The van der Waals surface area contributed by atoms with Crippen molar-refractivity contribution in [3.63, 3.8) is 0 Å². The van der Waals surface area contributed by atoms with Gasteiger partial charge in [-0.25, -0.2) is 0 Å². The van der Waals surface area contributed by atoms with E-state index in [1.807, 2.05) is 0 Å². The Hall–Kier alpha value is -0.170. The fourth-order valence-electron chi connectivity index (χ4n) is 1.85. The van der Waals surface area contributed by atoms with E-state index in [-0.39, 0.29) is 12.1 Å². The molecule has 16 heavy (non-hydrogen) atoms. The van der Waals surface area contributed by atoms with Crippen molar-refractivity contribution in [2.75, 3.05) is 0 Å². The molecule has 0 aromatic heterocycles. The minimum Gasteiger partial charge on any atom is -0.393 e. The first-order chi connectivity index (χ1) is 7.18. The molecule has 96 valence electrons. The van der Waals surface area contributed by atoms with E-state index in [1.54, 1.807) is 20.8 Å². The summed E-state index contributed by atoms with van der Waals surface area (Å²) in [6, 6.07) is -0.0525. The van der Waals surface area contributed by atoms with Crippen molar-refractivity contribution in [3.05, 3.63) is 0 Å². The third kappa shape index (κ3) is 5.25. The monoisotopic (exact) mass is 250 g/mol. The van der Waals surface area contributed by atoms with Crippen molar-refractivity contribution < 1.29 is 13.5 Å². The average Bonchev–Trinajstić information content (AvgIpc) is 2.04. The lowest BCUT2D eigenvalue weighted by Gasteiger charge is -2.28. The van der Waals surface area contributed by atoms with Gasteiger partial charge in [0, 0.05) is 11.6 Å². The van der Waals surface area contributed by atoms with E-state index in [2.05, 4.69) is 9.44 Å². The van der Waals surface area contributed by atoms with Crippen LogP contribution in [0.25, 0.3) is 0 Å². The Kier molecular flexibility index (Phi) is 4.34. The van der Waals surface area contributed by atoms with E-state index in [1.165, 1.54) is 0 Å². The molecule has 0 aromatic carbocycles. The molecule has 3 N–H and O–H groups in total. The maximum absolute atomic E-state index is 11.7. The zero-order valence-corrected chi connectivity index (χ0v) is 11.0. The Balaban J connectivity index is 2.47. The highest BCUT2D eigenvalue weighted by molar-refractivity contribution is 7.87. The zero-order valence-electron chi connectivity index (χ0n) is 10.2. The molecule has 0 radical (unpaired) electrons. The first-order valence-corrected chi connectivity index (χ1v) is 7.15. The van der Waals surface area contributed by atoms with Crippen LogP contribution in [0.1, 0.15) is 46.5 Å². The van der Waals surface area contributed by atoms with E-state index in [4.69, 9.17) is 0 Å². The van der Waals surface area contributed by atoms with Crippen molar-refractivity contribution >= 4 is 10.2 Å². The number of hydrogen-bond acceptors (Lipinski definition) is 3. The van der Waals surface area contributed by atoms with E-state index < -0.39 is 15.7 Å². The van der Waals surface area contributed by atoms with Crippen LogP contribution >= 0.6 is 0 Å². The molecule has 0 aliphatic heterocycles. The van der Waals surface area contributed by atoms with Gasteiger partial charge in [0.25, 0.3) is 10.2 Å². The summed E-state index contributed by atoms with van der Waals surface area (Å²) in [5.74, 6) is 0. The fraction of sp³-hybridized carbons (Fsp3) is 1.00. The van der Waals surface area contributed by atoms with Crippen LogP contribution in [0, 0.1) is 0 Å². The molecular weight excluding hydrogens is 228 g/mol. The van der Waals surface area contributed by atoms with Gasteiger partial charge in [-0.15, -0.1) is 0 Å². The van der Waals surface area contributed by atoms with Crippen LogP contribution in [-0.2, 0) is 10.2 Å². The molecule has 6 heteroatoms. The predicted octanol–water partition coefficient (Wildman–Crippen LogP) is 0.512. The summed E-state index contributed by atoms with van der Waals surface area (Å²) in [5, 5.41) is 9.32. The number of hydrogen-bond donors (Lipinski definition) is 3. The first kappa shape index (κ1) is 13.9. The molecule has 0 spiro atoms. The molecule has 0 heterocycles. The van der Waals surface area contributed by atoms with Gasteiger partial charge in [0.2, 0.25) is 0 Å². The van der Waals surface area contributed by atoms with Crippen LogP contribution in [0.3, 0.4) is 0 Å². The van der Waals surface area contributed by atoms with Gasteiger partial charge in [0.1, 0.15) is 0 Å². The van der Waals surface area contributed by atoms with Crippen LogP contribution in [0.2, 0.25) is 0 Å². The largest absolute Gasteiger partial charge is 0.393 e. The van der Waals surface area contributed by atoms with E-state index >= 15 is 0 Å². The lowest BCUT2D eigenvalue weighted by Crippen LogP contribution is -2.50. The van der Waals surface area contributed by atoms with Crippen molar-refractivity contribution in [3.8, 4) is 0 Å². The van der Waals surface area contributed by atoms with Crippen molar-refractivity contribution in [1.29, 1.82) is 0 Å². The molecule has 1 fully saturated rings. The molecule has 1 rings (SSSR count). The third-order valence-corrected chi connectivity index (χ3v) is 3.98. The highest BCUT2D eigenvalue weighted by atomic mass is 32.2. The highest BCUT2D eigenvalue weighted by Gasteiger charge is 2.26. The minimum atomic E-state index is -3.44. The number of nitrogens with one attached hydrogen (secondary N) is 2. The first-order valence-electron chi connectivity index (χ1n) is 5.67. The predicted molar refractivity (Wildman–Crippen MR) is 63.2 cm³/mol. The van der Waals surface area contributed by atoms with Crippen molar-refractivity contribution in [1.82, 2.24) is 9.44 Å². The molecule has 0 unspecified atom stereocenters. The number of aliphatic hydroxyl groups is 1. The second-order valence-electron chi connectivity index (χ2n) is 5.48. The van der Waals surface area contributed by atoms with Gasteiger partial charge in [0.05, 0.1) is 6.10 Å². The summed E-state index contributed by atoms with van der Waals surface area (Å²) >= 11 is 0.